The van der Waals surface area contributed by atoms with Crippen LogP contribution in [0.2, 0.25) is 0 Å². The van der Waals surface area contributed by atoms with Gasteiger partial charge in [0.2, 0.25) is 0 Å². The van der Waals surface area contributed by atoms with Crippen LogP contribution in [0.3, 0.4) is 0 Å². The first-order valence-electron chi connectivity index (χ1n) is 6.03. The van der Waals surface area contributed by atoms with Crippen molar-refractivity contribution in [1.29, 1.82) is 0 Å². The molecule has 0 bridgehead atoms. The fourth-order valence-electron chi connectivity index (χ4n) is 2.07. The Morgan fingerprint density at radius 3 is 2.16 bits per heavy atom. The minimum atomic E-state index is -0.143. The summed E-state index contributed by atoms with van der Waals surface area (Å²) < 4.78 is 6.44. The predicted octanol–water partition coefficient (Wildman–Crippen LogP) is 4.53. The first-order chi connectivity index (χ1) is 8.88. The van der Waals surface area contributed by atoms with Crippen LogP contribution in [0.1, 0.15) is 33.0 Å². The maximum Gasteiger partial charge on any atom is 0.259 e. The molecule has 0 aliphatic heterocycles. The van der Waals surface area contributed by atoms with Gasteiger partial charge in [0.05, 0.1) is 5.56 Å². The Balaban J connectivity index is 2.27. The molecule has 1 heterocycles. The third-order valence-corrected chi connectivity index (χ3v) is 4.23. The van der Waals surface area contributed by atoms with Crippen molar-refractivity contribution in [2.24, 2.45) is 0 Å². The number of rotatable bonds is 2. The Labute approximate surface area is 121 Å². The lowest BCUT2D eigenvalue weighted by Gasteiger charge is -2.09. The molecule has 100 valence electrons. The fourth-order valence-corrected chi connectivity index (χ4v) is 2.30. The van der Waals surface area contributed by atoms with Crippen LogP contribution in [-0.4, -0.2) is 5.91 Å². The molecular weight excluding hydrogens is 306 g/mol. The molecule has 0 atom stereocenters. The number of anilines is 1. The molecular formula is C15H16BrNO2. The lowest BCUT2D eigenvalue weighted by atomic mass is 10.1. The second-order valence-electron chi connectivity index (χ2n) is 4.71. The zero-order valence-electron chi connectivity index (χ0n) is 11.4. The summed E-state index contributed by atoms with van der Waals surface area (Å²) in [4.78, 5) is 12.2. The van der Waals surface area contributed by atoms with Crippen LogP contribution in [0.25, 0.3) is 0 Å². The molecule has 0 saturated carbocycles. The van der Waals surface area contributed by atoms with Gasteiger partial charge < -0.3 is 9.73 Å². The molecule has 0 fully saturated rings. The number of halogens is 1. The van der Waals surface area contributed by atoms with E-state index in [9.17, 15) is 4.79 Å². The summed E-state index contributed by atoms with van der Waals surface area (Å²) in [5.41, 5.74) is 3.56. The van der Waals surface area contributed by atoms with Crippen molar-refractivity contribution in [3.63, 3.8) is 0 Å². The Kier molecular flexibility index (Phi) is 3.80. The van der Waals surface area contributed by atoms with Gasteiger partial charge in [-0.15, -0.1) is 0 Å². The van der Waals surface area contributed by atoms with E-state index in [2.05, 4.69) is 21.2 Å². The number of benzene rings is 1. The number of hydrogen-bond acceptors (Lipinski definition) is 2. The lowest BCUT2D eigenvalue weighted by molar-refractivity contribution is 0.102. The van der Waals surface area contributed by atoms with Crippen LogP contribution >= 0.6 is 15.9 Å². The molecule has 1 aromatic heterocycles. The van der Waals surface area contributed by atoms with Crippen molar-refractivity contribution < 1.29 is 9.21 Å². The van der Waals surface area contributed by atoms with Crippen molar-refractivity contribution >= 4 is 27.5 Å². The van der Waals surface area contributed by atoms with Gasteiger partial charge in [-0.2, -0.15) is 0 Å². The molecule has 1 aromatic carbocycles. The van der Waals surface area contributed by atoms with E-state index in [-0.39, 0.29) is 5.91 Å². The van der Waals surface area contributed by atoms with E-state index in [0.29, 0.717) is 11.3 Å². The largest absolute Gasteiger partial charge is 0.466 e. The normalized spacial score (nSPS) is 10.6. The molecule has 0 saturated heterocycles. The third-order valence-electron chi connectivity index (χ3n) is 2.98. The van der Waals surface area contributed by atoms with Crippen molar-refractivity contribution in [1.82, 2.24) is 0 Å². The first-order valence-corrected chi connectivity index (χ1v) is 6.83. The van der Waals surface area contributed by atoms with Gasteiger partial charge in [0.15, 0.2) is 0 Å². The average Bonchev–Trinajstić information content (AvgIpc) is 2.65. The van der Waals surface area contributed by atoms with E-state index in [1.165, 1.54) is 0 Å². The summed E-state index contributed by atoms with van der Waals surface area (Å²) in [6.45, 7) is 7.62. The summed E-state index contributed by atoms with van der Waals surface area (Å²) in [6, 6.07) is 5.64. The minimum Gasteiger partial charge on any atom is -0.466 e. The quantitative estimate of drug-likeness (QED) is 0.883. The van der Waals surface area contributed by atoms with Crippen molar-refractivity contribution in [3.05, 3.63) is 50.9 Å². The summed E-state index contributed by atoms with van der Waals surface area (Å²) in [7, 11) is 0. The lowest BCUT2D eigenvalue weighted by Crippen LogP contribution is -2.12. The Hall–Kier alpha value is -1.55. The molecule has 1 amide bonds. The second kappa shape index (κ2) is 5.21. The number of hydrogen-bond donors (Lipinski definition) is 1. The molecule has 0 spiro atoms. The molecule has 4 heteroatoms. The van der Waals surface area contributed by atoms with Crippen LogP contribution in [0, 0.1) is 27.7 Å². The van der Waals surface area contributed by atoms with Gasteiger partial charge >= 0.3 is 0 Å². The second-order valence-corrected chi connectivity index (χ2v) is 5.50. The van der Waals surface area contributed by atoms with E-state index in [4.69, 9.17) is 4.42 Å². The van der Waals surface area contributed by atoms with Gasteiger partial charge in [-0.05, 0) is 57.0 Å². The molecule has 0 aliphatic carbocycles. The van der Waals surface area contributed by atoms with Gasteiger partial charge in [0.1, 0.15) is 11.5 Å². The Bertz CT molecular complexity index is 621. The fraction of sp³-hybridized carbons (Fsp3) is 0.267. The monoisotopic (exact) mass is 321 g/mol. The Morgan fingerprint density at radius 1 is 1.11 bits per heavy atom. The zero-order valence-corrected chi connectivity index (χ0v) is 13.0. The van der Waals surface area contributed by atoms with Crippen LogP contribution in [-0.2, 0) is 0 Å². The van der Waals surface area contributed by atoms with Crippen molar-refractivity contribution in [2.75, 3.05) is 5.32 Å². The smallest absolute Gasteiger partial charge is 0.259 e. The topological polar surface area (TPSA) is 42.2 Å². The molecule has 3 nitrogen and oxygen atoms in total. The first kappa shape index (κ1) is 13.9. The van der Waals surface area contributed by atoms with Gasteiger partial charge in [-0.25, -0.2) is 0 Å². The number of carbonyl (C=O) groups excluding carboxylic acids is 1. The molecule has 1 N–H and O–H groups in total. The van der Waals surface area contributed by atoms with Crippen LogP contribution in [0.5, 0.6) is 0 Å². The van der Waals surface area contributed by atoms with E-state index >= 15 is 0 Å². The number of nitrogens with one attached hydrogen (secondary N) is 1. The number of carbonyl (C=O) groups is 1. The third kappa shape index (κ3) is 2.89. The molecule has 19 heavy (non-hydrogen) atoms. The Morgan fingerprint density at radius 2 is 1.68 bits per heavy atom. The van der Waals surface area contributed by atoms with E-state index in [1.54, 1.807) is 13.0 Å². The predicted molar refractivity (Wildman–Crippen MR) is 79.8 cm³/mol. The SMILES string of the molecule is Cc1cc(C(=O)Nc2cc(C)c(Br)c(C)c2)c(C)o1. The van der Waals surface area contributed by atoms with Gasteiger partial charge in [-0.3, -0.25) is 4.79 Å². The molecule has 0 aliphatic rings. The summed E-state index contributed by atoms with van der Waals surface area (Å²) in [5.74, 6) is 1.24. The van der Waals surface area contributed by atoms with E-state index < -0.39 is 0 Å². The highest BCUT2D eigenvalue weighted by Gasteiger charge is 2.14. The highest BCUT2D eigenvalue weighted by molar-refractivity contribution is 9.10. The molecule has 2 rings (SSSR count). The summed E-state index contributed by atoms with van der Waals surface area (Å²) >= 11 is 3.51. The standard InChI is InChI=1S/C15H16BrNO2/c1-8-5-12(6-9(2)14(8)16)17-15(18)13-7-10(3)19-11(13)4/h5-7H,1-4H3,(H,17,18). The highest BCUT2D eigenvalue weighted by atomic mass is 79.9. The molecule has 0 radical (unpaired) electrons. The maximum absolute atomic E-state index is 12.2. The maximum atomic E-state index is 12.2. The van der Waals surface area contributed by atoms with E-state index in [0.717, 1.165) is 27.0 Å². The molecule has 2 aromatic rings. The highest BCUT2D eigenvalue weighted by Crippen LogP contribution is 2.25. The number of furan rings is 1. The zero-order chi connectivity index (χ0) is 14.2. The average molecular weight is 322 g/mol. The van der Waals surface area contributed by atoms with Gasteiger partial charge in [-0.1, -0.05) is 15.9 Å². The van der Waals surface area contributed by atoms with Crippen LogP contribution in [0.4, 0.5) is 5.69 Å². The van der Waals surface area contributed by atoms with Gasteiger partial charge in [0, 0.05) is 10.2 Å². The number of amides is 1. The summed E-state index contributed by atoms with van der Waals surface area (Å²) in [5, 5.41) is 2.90. The van der Waals surface area contributed by atoms with Gasteiger partial charge in [0.25, 0.3) is 5.91 Å². The molecule has 0 unspecified atom stereocenters. The van der Waals surface area contributed by atoms with Crippen LogP contribution < -0.4 is 5.32 Å². The van der Waals surface area contributed by atoms with Crippen LogP contribution in [0.15, 0.2) is 27.1 Å². The summed E-state index contributed by atoms with van der Waals surface area (Å²) in [6.07, 6.45) is 0. The minimum absolute atomic E-state index is 0.143. The van der Waals surface area contributed by atoms with Crippen molar-refractivity contribution in [3.8, 4) is 0 Å². The number of aryl methyl sites for hydroxylation is 4. The van der Waals surface area contributed by atoms with E-state index in [1.807, 2.05) is 32.9 Å². The van der Waals surface area contributed by atoms with Crippen molar-refractivity contribution in [2.45, 2.75) is 27.7 Å².